The van der Waals surface area contributed by atoms with Gasteiger partial charge in [0.2, 0.25) is 0 Å². The minimum absolute atomic E-state index is 0.120. The molecule has 0 saturated carbocycles. The summed E-state index contributed by atoms with van der Waals surface area (Å²) in [7, 11) is 0. The minimum Gasteiger partial charge on any atom is -0.507 e. The fraction of sp³-hybridized carbons (Fsp3) is 0.364. The second kappa shape index (κ2) is 6.57. The van der Waals surface area contributed by atoms with Crippen molar-refractivity contribution in [2.24, 2.45) is 0 Å². The summed E-state index contributed by atoms with van der Waals surface area (Å²) in [4.78, 5) is 12.6. The number of carboxylic acids is 1. The molecule has 94 valence electrons. The summed E-state index contributed by atoms with van der Waals surface area (Å²) >= 11 is 11.3. The molecule has 0 bridgehead atoms. The van der Waals surface area contributed by atoms with Crippen LogP contribution in [0.1, 0.15) is 10.4 Å². The lowest BCUT2D eigenvalue weighted by Gasteiger charge is -2.23. The maximum absolute atomic E-state index is 10.7. The molecular weight excluding hydrogens is 265 g/mol. The van der Waals surface area contributed by atoms with Crippen molar-refractivity contribution in [1.29, 1.82) is 0 Å². The first kappa shape index (κ1) is 13.9. The Kier molecular flexibility index (Phi) is 5.38. The smallest absolute Gasteiger partial charge is 0.339 e. The zero-order valence-corrected chi connectivity index (χ0v) is 10.6. The molecule has 0 heterocycles. The number of aromatic hydroxyl groups is 1. The SMILES string of the molecule is O=C(O)c1ccc(N(CCCl)CCCl)cc1O. The topological polar surface area (TPSA) is 60.8 Å². The van der Waals surface area contributed by atoms with E-state index in [0.29, 0.717) is 30.5 Å². The molecule has 4 nitrogen and oxygen atoms in total. The monoisotopic (exact) mass is 277 g/mol. The van der Waals surface area contributed by atoms with Crippen molar-refractivity contribution < 1.29 is 15.0 Å². The van der Waals surface area contributed by atoms with E-state index in [1.165, 1.54) is 12.1 Å². The van der Waals surface area contributed by atoms with Gasteiger partial charge < -0.3 is 15.1 Å². The van der Waals surface area contributed by atoms with Crippen molar-refractivity contribution in [2.75, 3.05) is 29.7 Å². The molecule has 2 N–H and O–H groups in total. The van der Waals surface area contributed by atoms with Gasteiger partial charge in [-0.1, -0.05) is 0 Å². The molecule has 1 aromatic carbocycles. The minimum atomic E-state index is -1.16. The zero-order chi connectivity index (χ0) is 12.8. The summed E-state index contributed by atoms with van der Waals surface area (Å²) < 4.78 is 0. The van der Waals surface area contributed by atoms with Crippen LogP contribution in [0.15, 0.2) is 18.2 Å². The Bertz CT molecular complexity index is 392. The fourth-order valence-corrected chi connectivity index (χ4v) is 1.88. The Morgan fingerprint density at radius 2 is 1.82 bits per heavy atom. The second-order valence-electron chi connectivity index (χ2n) is 3.37. The van der Waals surface area contributed by atoms with Gasteiger partial charge >= 0.3 is 5.97 Å². The molecule has 0 radical (unpaired) electrons. The molecule has 0 aromatic heterocycles. The van der Waals surface area contributed by atoms with Crippen molar-refractivity contribution >= 4 is 34.9 Å². The van der Waals surface area contributed by atoms with Gasteiger partial charge in [0.25, 0.3) is 0 Å². The molecular formula is C11H13Cl2NO3. The lowest BCUT2D eigenvalue weighted by atomic mass is 10.1. The van der Waals surface area contributed by atoms with E-state index in [-0.39, 0.29) is 11.3 Å². The number of alkyl halides is 2. The average molecular weight is 278 g/mol. The molecule has 0 saturated heterocycles. The summed E-state index contributed by atoms with van der Waals surface area (Å²) in [6.45, 7) is 1.17. The maximum atomic E-state index is 10.7. The molecule has 0 aliphatic carbocycles. The summed E-state index contributed by atoms with van der Waals surface area (Å²) in [6.07, 6.45) is 0. The average Bonchev–Trinajstić information content (AvgIpc) is 2.28. The number of hydrogen-bond donors (Lipinski definition) is 2. The van der Waals surface area contributed by atoms with Gasteiger partial charge in [0.15, 0.2) is 0 Å². The van der Waals surface area contributed by atoms with Gasteiger partial charge in [-0.05, 0) is 12.1 Å². The second-order valence-corrected chi connectivity index (χ2v) is 4.13. The number of halogens is 2. The first-order chi connectivity index (χ1) is 8.10. The Morgan fingerprint density at radius 3 is 2.24 bits per heavy atom. The van der Waals surface area contributed by atoms with Crippen molar-refractivity contribution in [3.05, 3.63) is 23.8 Å². The van der Waals surface area contributed by atoms with Gasteiger partial charge in [-0.2, -0.15) is 0 Å². The number of carboxylic acid groups (broad SMARTS) is 1. The van der Waals surface area contributed by atoms with Crippen molar-refractivity contribution in [3.8, 4) is 5.75 Å². The number of aromatic carboxylic acids is 1. The van der Waals surface area contributed by atoms with Crippen LogP contribution >= 0.6 is 23.2 Å². The standard InChI is InChI=1S/C11H13Cl2NO3/c12-3-5-14(6-4-13)8-1-2-9(11(16)17)10(15)7-8/h1-2,7,15H,3-6H2,(H,16,17). The molecule has 6 heteroatoms. The first-order valence-electron chi connectivity index (χ1n) is 5.03. The van der Waals surface area contributed by atoms with E-state index in [9.17, 15) is 9.90 Å². The van der Waals surface area contributed by atoms with Crippen LogP contribution in [0.2, 0.25) is 0 Å². The Morgan fingerprint density at radius 1 is 1.24 bits per heavy atom. The number of rotatable bonds is 6. The highest BCUT2D eigenvalue weighted by Crippen LogP contribution is 2.24. The molecule has 0 aliphatic rings. The highest BCUT2D eigenvalue weighted by molar-refractivity contribution is 6.18. The third-order valence-corrected chi connectivity index (χ3v) is 2.62. The van der Waals surface area contributed by atoms with Gasteiger partial charge in [-0.3, -0.25) is 0 Å². The van der Waals surface area contributed by atoms with Crippen LogP contribution in [0.3, 0.4) is 0 Å². The molecule has 1 rings (SSSR count). The summed E-state index contributed by atoms with van der Waals surface area (Å²) in [5.74, 6) is -0.559. The zero-order valence-electron chi connectivity index (χ0n) is 9.07. The highest BCUT2D eigenvalue weighted by Gasteiger charge is 2.12. The van der Waals surface area contributed by atoms with E-state index in [1.807, 2.05) is 4.90 Å². The molecule has 0 unspecified atom stereocenters. The highest BCUT2D eigenvalue weighted by atomic mass is 35.5. The van der Waals surface area contributed by atoms with E-state index in [0.717, 1.165) is 0 Å². The van der Waals surface area contributed by atoms with Crippen LogP contribution in [-0.4, -0.2) is 41.0 Å². The van der Waals surface area contributed by atoms with Crippen molar-refractivity contribution in [3.63, 3.8) is 0 Å². The van der Waals surface area contributed by atoms with Gasteiger partial charge in [0, 0.05) is 36.6 Å². The number of phenols is 1. The molecule has 0 atom stereocenters. The quantitative estimate of drug-likeness (QED) is 0.784. The molecule has 1 aromatic rings. The normalized spacial score (nSPS) is 10.2. The Labute approximate surface area is 109 Å². The molecule has 0 spiro atoms. The van der Waals surface area contributed by atoms with Gasteiger partial charge in [-0.25, -0.2) is 4.79 Å². The number of hydrogen-bond acceptors (Lipinski definition) is 3. The third kappa shape index (κ3) is 3.68. The maximum Gasteiger partial charge on any atom is 0.339 e. The van der Waals surface area contributed by atoms with E-state index >= 15 is 0 Å². The van der Waals surface area contributed by atoms with E-state index in [1.54, 1.807) is 6.07 Å². The summed E-state index contributed by atoms with van der Waals surface area (Å²) in [5, 5.41) is 18.4. The van der Waals surface area contributed by atoms with Crippen LogP contribution < -0.4 is 4.90 Å². The Hall–Kier alpha value is -1.13. The summed E-state index contributed by atoms with van der Waals surface area (Å²) in [6, 6.07) is 4.40. The van der Waals surface area contributed by atoms with E-state index in [2.05, 4.69) is 0 Å². The van der Waals surface area contributed by atoms with Crippen LogP contribution in [0.5, 0.6) is 5.75 Å². The van der Waals surface area contributed by atoms with Crippen LogP contribution in [0.25, 0.3) is 0 Å². The number of benzene rings is 1. The third-order valence-electron chi connectivity index (χ3n) is 2.29. The lowest BCUT2D eigenvalue weighted by Crippen LogP contribution is -2.27. The molecule has 0 fully saturated rings. The Balaban J connectivity index is 2.97. The molecule has 0 aliphatic heterocycles. The molecule has 0 amide bonds. The van der Waals surface area contributed by atoms with Crippen molar-refractivity contribution in [2.45, 2.75) is 0 Å². The number of carbonyl (C=O) groups is 1. The van der Waals surface area contributed by atoms with E-state index in [4.69, 9.17) is 28.3 Å². The van der Waals surface area contributed by atoms with Crippen LogP contribution in [0, 0.1) is 0 Å². The van der Waals surface area contributed by atoms with Crippen LogP contribution in [-0.2, 0) is 0 Å². The largest absolute Gasteiger partial charge is 0.507 e. The lowest BCUT2D eigenvalue weighted by molar-refractivity contribution is 0.0694. The number of anilines is 1. The summed E-state index contributed by atoms with van der Waals surface area (Å²) in [5.41, 5.74) is 0.583. The predicted molar refractivity (Wildman–Crippen MR) is 68.7 cm³/mol. The predicted octanol–water partition coefficient (Wildman–Crippen LogP) is 2.37. The van der Waals surface area contributed by atoms with Crippen molar-refractivity contribution in [1.82, 2.24) is 0 Å². The molecule has 17 heavy (non-hydrogen) atoms. The van der Waals surface area contributed by atoms with Gasteiger partial charge in [0.1, 0.15) is 11.3 Å². The van der Waals surface area contributed by atoms with E-state index < -0.39 is 5.97 Å². The first-order valence-corrected chi connectivity index (χ1v) is 6.10. The van der Waals surface area contributed by atoms with Gasteiger partial charge in [-0.15, -0.1) is 23.2 Å². The van der Waals surface area contributed by atoms with Gasteiger partial charge in [0.05, 0.1) is 0 Å². The fourth-order valence-electron chi connectivity index (χ4n) is 1.47. The van der Waals surface area contributed by atoms with Crippen LogP contribution in [0.4, 0.5) is 5.69 Å². The number of nitrogens with zero attached hydrogens (tertiary/aromatic N) is 1.